The van der Waals surface area contributed by atoms with Gasteiger partial charge in [-0.3, -0.25) is 0 Å². The van der Waals surface area contributed by atoms with Crippen molar-refractivity contribution in [2.75, 3.05) is 0 Å². The quantitative estimate of drug-likeness (QED) is 0.642. The van der Waals surface area contributed by atoms with E-state index in [-0.39, 0.29) is 11.4 Å². The smallest absolute Gasteiger partial charge is 0.141 e. The van der Waals surface area contributed by atoms with E-state index in [0.29, 0.717) is 4.47 Å². The van der Waals surface area contributed by atoms with E-state index in [1.807, 2.05) is 0 Å². The summed E-state index contributed by atoms with van der Waals surface area (Å²) in [5, 5.41) is 8.54. The van der Waals surface area contributed by atoms with Crippen LogP contribution in [-0.2, 0) is 0 Å². The molecule has 0 saturated carbocycles. The SMILES string of the molecule is [2H]C([2H])([2H])c1cc(Br)cc(C#N)n1. The van der Waals surface area contributed by atoms with Gasteiger partial charge in [0, 0.05) is 14.3 Å². The summed E-state index contributed by atoms with van der Waals surface area (Å²) in [7, 11) is 0. The summed E-state index contributed by atoms with van der Waals surface area (Å²) in [5.74, 6) is 0. The van der Waals surface area contributed by atoms with Crippen LogP contribution in [0.2, 0.25) is 0 Å². The molecule has 0 bridgehead atoms. The van der Waals surface area contributed by atoms with Gasteiger partial charge in [0.05, 0.1) is 0 Å². The second kappa shape index (κ2) is 2.80. The molecular formula is C7H5BrN2. The van der Waals surface area contributed by atoms with Gasteiger partial charge in [-0.1, -0.05) is 15.9 Å². The number of nitrogens with zero attached hydrogens (tertiary/aromatic N) is 2. The summed E-state index contributed by atoms with van der Waals surface area (Å²) < 4.78 is 21.8. The fourth-order valence-corrected chi connectivity index (χ4v) is 0.988. The number of rotatable bonds is 0. The molecule has 0 saturated heterocycles. The Morgan fingerprint density at radius 2 is 2.60 bits per heavy atom. The molecule has 0 fully saturated rings. The maximum absolute atomic E-state index is 8.54. The minimum atomic E-state index is -2.27. The molecule has 0 spiro atoms. The molecule has 1 aromatic rings. The molecule has 0 aliphatic carbocycles. The summed E-state index contributed by atoms with van der Waals surface area (Å²) in [6.07, 6.45) is 0. The lowest BCUT2D eigenvalue weighted by atomic mass is 10.3. The van der Waals surface area contributed by atoms with Crippen molar-refractivity contribution in [2.24, 2.45) is 0 Å². The van der Waals surface area contributed by atoms with Crippen molar-refractivity contribution in [3.63, 3.8) is 0 Å². The van der Waals surface area contributed by atoms with Crippen LogP contribution >= 0.6 is 15.9 Å². The van der Waals surface area contributed by atoms with Gasteiger partial charge in [-0.15, -0.1) is 0 Å². The summed E-state index contributed by atoms with van der Waals surface area (Å²) in [4.78, 5) is 3.67. The van der Waals surface area contributed by atoms with Gasteiger partial charge < -0.3 is 0 Å². The maximum atomic E-state index is 8.54. The fraction of sp³-hybridized carbons (Fsp3) is 0.143. The second-order valence-electron chi connectivity index (χ2n) is 1.67. The molecule has 0 aromatic carbocycles. The number of aromatic nitrogens is 1. The number of nitriles is 1. The highest BCUT2D eigenvalue weighted by atomic mass is 79.9. The van der Waals surface area contributed by atoms with Crippen molar-refractivity contribution in [2.45, 2.75) is 6.85 Å². The van der Waals surface area contributed by atoms with Crippen molar-refractivity contribution in [1.82, 2.24) is 4.98 Å². The molecule has 0 radical (unpaired) electrons. The van der Waals surface area contributed by atoms with E-state index in [2.05, 4.69) is 20.9 Å². The highest BCUT2D eigenvalue weighted by molar-refractivity contribution is 9.10. The van der Waals surface area contributed by atoms with Gasteiger partial charge in [-0.2, -0.15) is 5.26 Å². The van der Waals surface area contributed by atoms with Gasteiger partial charge in [0.2, 0.25) is 0 Å². The first-order valence-electron chi connectivity index (χ1n) is 4.01. The van der Waals surface area contributed by atoms with Gasteiger partial charge in [-0.25, -0.2) is 4.98 Å². The Balaban J connectivity index is 3.26. The van der Waals surface area contributed by atoms with Gasteiger partial charge >= 0.3 is 0 Å². The predicted molar refractivity (Wildman–Crippen MR) is 41.4 cm³/mol. The molecule has 0 unspecified atom stereocenters. The van der Waals surface area contributed by atoms with Gasteiger partial charge in [0.15, 0.2) is 0 Å². The van der Waals surface area contributed by atoms with Gasteiger partial charge in [0.25, 0.3) is 0 Å². The summed E-state index contributed by atoms with van der Waals surface area (Å²) in [6, 6.07) is 4.64. The van der Waals surface area contributed by atoms with Crippen molar-refractivity contribution < 1.29 is 4.11 Å². The molecule has 0 aliphatic heterocycles. The standard InChI is InChI=1S/C7H5BrN2/c1-5-2-6(8)3-7(4-9)10-5/h2-3H,1H3/i1D3. The minimum Gasteiger partial charge on any atom is -0.242 e. The number of halogens is 1. The van der Waals surface area contributed by atoms with Crippen molar-refractivity contribution in [3.05, 3.63) is 28.0 Å². The molecule has 3 heteroatoms. The van der Waals surface area contributed by atoms with Crippen LogP contribution in [0.3, 0.4) is 0 Å². The fourth-order valence-electron chi connectivity index (χ4n) is 0.554. The molecule has 50 valence electrons. The van der Waals surface area contributed by atoms with E-state index in [4.69, 9.17) is 9.37 Å². The average molecular weight is 200 g/mol. The Kier molecular flexibility index (Phi) is 1.15. The van der Waals surface area contributed by atoms with Crippen molar-refractivity contribution in [3.8, 4) is 6.07 Å². The number of pyridine rings is 1. The van der Waals surface area contributed by atoms with E-state index in [0.717, 1.165) is 0 Å². The van der Waals surface area contributed by atoms with E-state index in [9.17, 15) is 0 Å². The highest BCUT2D eigenvalue weighted by Gasteiger charge is 1.94. The minimum absolute atomic E-state index is 0.0709. The normalized spacial score (nSPS) is 14.6. The first kappa shape index (κ1) is 4.09. The number of aryl methyl sites for hydroxylation is 1. The number of hydrogen-bond donors (Lipinski definition) is 0. The summed E-state index contributed by atoms with van der Waals surface area (Å²) in [6.45, 7) is -2.27. The zero-order chi connectivity index (χ0) is 10.1. The van der Waals surface area contributed by atoms with E-state index >= 15 is 0 Å². The van der Waals surface area contributed by atoms with Crippen LogP contribution in [0.25, 0.3) is 0 Å². The van der Waals surface area contributed by atoms with Crippen LogP contribution in [0.15, 0.2) is 16.6 Å². The average Bonchev–Trinajstić information content (AvgIpc) is 2.01. The van der Waals surface area contributed by atoms with Gasteiger partial charge in [-0.05, 0) is 19.0 Å². The van der Waals surface area contributed by atoms with Gasteiger partial charge in [0.1, 0.15) is 11.8 Å². The molecule has 1 heterocycles. The monoisotopic (exact) mass is 199 g/mol. The molecule has 0 amide bonds. The molecule has 10 heavy (non-hydrogen) atoms. The van der Waals surface area contributed by atoms with Crippen LogP contribution in [0.4, 0.5) is 0 Å². The molecule has 2 nitrogen and oxygen atoms in total. The molecule has 0 N–H and O–H groups in total. The molecule has 1 aromatic heterocycles. The molecular weight excluding hydrogens is 192 g/mol. The number of hydrogen-bond acceptors (Lipinski definition) is 2. The Morgan fingerprint density at radius 3 is 3.20 bits per heavy atom. The molecule has 0 aliphatic rings. The largest absolute Gasteiger partial charge is 0.242 e. The highest BCUT2D eigenvalue weighted by Crippen LogP contribution is 2.10. The Bertz CT molecular complexity index is 367. The lowest BCUT2D eigenvalue weighted by Gasteiger charge is -1.92. The van der Waals surface area contributed by atoms with Crippen molar-refractivity contribution >= 4 is 15.9 Å². The van der Waals surface area contributed by atoms with Crippen LogP contribution in [0.1, 0.15) is 15.5 Å². The topological polar surface area (TPSA) is 36.7 Å². The Morgan fingerprint density at radius 1 is 1.80 bits per heavy atom. The van der Waals surface area contributed by atoms with Crippen LogP contribution in [0, 0.1) is 18.2 Å². The maximum Gasteiger partial charge on any atom is 0.141 e. The summed E-state index contributed by atoms with van der Waals surface area (Å²) in [5.41, 5.74) is 0.0268. The zero-order valence-electron chi connectivity index (χ0n) is 7.93. The lowest BCUT2D eigenvalue weighted by molar-refractivity contribution is 1.16. The zero-order valence-corrected chi connectivity index (χ0v) is 6.51. The third-order valence-electron chi connectivity index (χ3n) is 0.905. The van der Waals surface area contributed by atoms with Crippen molar-refractivity contribution in [1.29, 1.82) is 5.26 Å². The summed E-state index contributed by atoms with van der Waals surface area (Å²) >= 11 is 3.11. The van der Waals surface area contributed by atoms with E-state index < -0.39 is 6.85 Å². The first-order chi connectivity index (χ1) is 5.93. The van der Waals surface area contributed by atoms with E-state index in [1.54, 1.807) is 6.07 Å². The molecule has 0 atom stereocenters. The van der Waals surface area contributed by atoms with Crippen LogP contribution in [0.5, 0.6) is 0 Å². The Labute approximate surface area is 71.9 Å². The third-order valence-corrected chi connectivity index (χ3v) is 1.36. The first-order valence-corrected chi connectivity index (χ1v) is 3.31. The van der Waals surface area contributed by atoms with Crippen LogP contribution in [-0.4, -0.2) is 4.98 Å². The van der Waals surface area contributed by atoms with Crippen LogP contribution < -0.4 is 0 Å². The third kappa shape index (κ3) is 1.55. The lowest BCUT2D eigenvalue weighted by Crippen LogP contribution is -1.85. The second-order valence-corrected chi connectivity index (χ2v) is 2.58. The molecule has 1 rings (SSSR count). The predicted octanol–water partition coefficient (Wildman–Crippen LogP) is 2.02. The Hall–Kier alpha value is -0.880. The van der Waals surface area contributed by atoms with E-state index in [1.165, 1.54) is 12.1 Å².